The molecule has 0 spiro atoms. The summed E-state index contributed by atoms with van der Waals surface area (Å²) in [6.45, 7) is 14.8. The maximum absolute atomic E-state index is 13.9. The van der Waals surface area contributed by atoms with Crippen molar-refractivity contribution < 1.29 is 28.6 Å². The number of halogens is 1. The van der Waals surface area contributed by atoms with Gasteiger partial charge in [-0.15, -0.1) is 0 Å². The molecule has 2 saturated carbocycles. The van der Waals surface area contributed by atoms with Gasteiger partial charge in [0.15, 0.2) is 5.72 Å². The van der Waals surface area contributed by atoms with E-state index in [1.54, 1.807) is 18.2 Å². The minimum Gasteiger partial charge on any atom is -0.467 e. The van der Waals surface area contributed by atoms with E-state index in [4.69, 9.17) is 25.8 Å². The third kappa shape index (κ3) is 8.42. The van der Waals surface area contributed by atoms with Crippen molar-refractivity contribution >= 4 is 40.8 Å². The molecule has 0 aromatic heterocycles. The number of hydrogen-bond acceptors (Lipinski definition) is 8. The number of anilines is 2. The maximum Gasteiger partial charge on any atom is 0.332 e. The van der Waals surface area contributed by atoms with Gasteiger partial charge in [0, 0.05) is 41.4 Å². The van der Waals surface area contributed by atoms with Gasteiger partial charge in [-0.25, -0.2) is 4.79 Å². The number of nitriles is 1. The average molecular weight is 681 g/mol. The van der Waals surface area contributed by atoms with Gasteiger partial charge >= 0.3 is 5.97 Å². The second-order valence-corrected chi connectivity index (χ2v) is 15.6. The minimum absolute atomic E-state index is 0.0364. The average Bonchev–Trinajstić information content (AvgIpc) is 3.80. The van der Waals surface area contributed by atoms with Crippen molar-refractivity contribution in [2.24, 2.45) is 16.2 Å². The van der Waals surface area contributed by atoms with Crippen LogP contribution in [-0.2, 0) is 23.9 Å². The molecule has 2 aromatic carbocycles. The number of carbonyl (C=O) groups excluding carboxylic acids is 3. The van der Waals surface area contributed by atoms with Gasteiger partial charge in [-0.3, -0.25) is 9.59 Å². The standard InChI is InChI=1S/C37H49ClN4O6/c1-33(2,3)48-30(43)23-46-20-10-8-9-19-40-26-12-14-27(15-13-26)41-31(44)36(17-18-36)32(45)42-37(34(4,5)24-35(37,6)7)47-28-16-11-25(22-39)29(38)21-28/h11-16,21,40H,8-10,17-20,23-24H2,1-7H3,(H,41,44)(H,42,45). The van der Waals surface area contributed by atoms with Crippen molar-refractivity contribution in [3.8, 4) is 11.8 Å². The molecule has 0 heterocycles. The van der Waals surface area contributed by atoms with Crippen LogP contribution in [0.3, 0.4) is 0 Å². The van der Waals surface area contributed by atoms with Crippen molar-refractivity contribution in [1.82, 2.24) is 5.32 Å². The van der Waals surface area contributed by atoms with Crippen LogP contribution in [0.15, 0.2) is 42.5 Å². The van der Waals surface area contributed by atoms with Crippen LogP contribution in [0.1, 0.15) is 92.6 Å². The Morgan fingerprint density at radius 2 is 1.56 bits per heavy atom. The molecule has 48 heavy (non-hydrogen) atoms. The van der Waals surface area contributed by atoms with Crippen molar-refractivity contribution in [2.75, 3.05) is 30.4 Å². The van der Waals surface area contributed by atoms with E-state index >= 15 is 0 Å². The summed E-state index contributed by atoms with van der Waals surface area (Å²) in [5.74, 6) is -0.631. The quantitative estimate of drug-likeness (QED) is 0.0776. The monoisotopic (exact) mass is 680 g/mol. The van der Waals surface area contributed by atoms with E-state index in [1.165, 1.54) is 0 Å². The minimum atomic E-state index is -1.19. The molecule has 2 fully saturated rings. The normalized spacial score (nSPS) is 18.0. The topological polar surface area (TPSA) is 139 Å². The molecule has 2 aliphatic rings. The number of nitrogens with zero attached hydrogens (tertiary/aromatic N) is 1. The Morgan fingerprint density at radius 3 is 2.12 bits per heavy atom. The molecule has 0 unspecified atom stereocenters. The number of carbonyl (C=O) groups is 3. The lowest BCUT2D eigenvalue weighted by Gasteiger charge is -2.65. The number of ether oxygens (including phenoxy) is 3. The third-order valence-electron chi connectivity index (χ3n) is 9.11. The molecule has 2 aromatic rings. The Hall–Kier alpha value is -3.81. The Balaban J connectivity index is 1.27. The van der Waals surface area contributed by atoms with Gasteiger partial charge in [-0.1, -0.05) is 39.3 Å². The number of benzene rings is 2. The Labute approximate surface area is 289 Å². The lowest BCUT2D eigenvalue weighted by Crippen LogP contribution is -2.78. The molecular weight excluding hydrogens is 632 g/mol. The maximum atomic E-state index is 13.9. The van der Waals surface area contributed by atoms with Crippen molar-refractivity contribution in [3.63, 3.8) is 0 Å². The van der Waals surface area contributed by atoms with Crippen LogP contribution in [-0.4, -0.2) is 48.9 Å². The van der Waals surface area contributed by atoms with Crippen LogP contribution in [0.5, 0.6) is 5.75 Å². The van der Waals surface area contributed by atoms with Crippen LogP contribution in [0, 0.1) is 27.6 Å². The SMILES string of the molecule is CC(C)(C)OC(=O)COCCCCCNc1ccc(NC(=O)C2(C(=O)NC3(Oc4ccc(C#N)c(Cl)c4)C(C)(C)CC3(C)C)CC2)cc1. The molecule has 11 heteroatoms. The first kappa shape index (κ1) is 37.0. The number of rotatable bonds is 15. The second kappa shape index (κ2) is 14.4. The number of nitrogens with one attached hydrogen (secondary N) is 3. The Bertz CT molecular complexity index is 1520. The smallest absolute Gasteiger partial charge is 0.332 e. The highest BCUT2D eigenvalue weighted by Gasteiger charge is 2.71. The molecule has 2 aliphatic carbocycles. The number of hydrogen-bond donors (Lipinski definition) is 3. The summed E-state index contributed by atoms with van der Waals surface area (Å²) in [5.41, 5.74) is -1.84. The summed E-state index contributed by atoms with van der Waals surface area (Å²) in [5, 5.41) is 19.0. The second-order valence-electron chi connectivity index (χ2n) is 15.2. The highest BCUT2D eigenvalue weighted by molar-refractivity contribution is 6.31. The summed E-state index contributed by atoms with van der Waals surface area (Å²) in [4.78, 5) is 39.1. The summed E-state index contributed by atoms with van der Waals surface area (Å²) in [7, 11) is 0. The predicted molar refractivity (Wildman–Crippen MR) is 186 cm³/mol. The lowest BCUT2D eigenvalue weighted by molar-refractivity contribution is -0.247. The van der Waals surface area contributed by atoms with E-state index in [0.717, 1.165) is 37.9 Å². The van der Waals surface area contributed by atoms with Crippen LogP contribution >= 0.6 is 11.6 Å². The zero-order chi connectivity index (χ0) is 35.4. The molecule has 3 N–H and O–H groups in total. The zero-order valence-electron chi connectivity index (χ0n) is 29.2. The van der Waals surface area contributed by atoms with E-state index in [2.05, 4.69) is 16.0 Å². The fourth-order valence-electron chi connectivity index (χ4n) is 6.78. The van der Waals surface area contributed by atoms with Gasteiger partial charge in [0.1, 0.15) is 29.4 Å². The highest BCUT2D eigenvalue weighted by atomic mass is 35.5. The van der Waals surface area contributed by atoms with E-state index in [1.807, 2.05) is 78.8 Å². The van der Waals surface area contributed by atoms with E-state index in [-0.39, 0.29) is 29.4 Å². The Kier molecular flexibility index (Phi) is 11.1. The van der Waals surface area contributed by atoms with Crippen LogP contribution < -0.4 is 20.7 Å². The van der Waals surface area contributed by atoms with Gasteiger partial charge in [0.05, 0.1) is 10.6 Å². The molecule has 0 radical (unpaired) electrons. The largest absolute Gasteiger partial charge is 0.467 e. The molecule has 260 valence electrons. The number of esters is 1. The van der Waals surface area contributed by atoms with Crippen LogP contribution in [0.2, 0.25) is 5.02 Å². The zero-order valence-corrected chi connectivity index (χ0v) is 29.9. The predicted octanol–water partition coefficient (Wildman–Crippen LogP) is 7.22. The first-order valence-electron chi connectivity index (χ1n) is 16.6. The van der Waals surface area contributed by atoms with Gasteiger partial charge in [0.25, 0.3) is 0 Å². The first-order chi connectivity index (χ1) is 22.4. The highest BCUT2D eigenvalue weighted by Crippen LogP contribution is 2.63. The van der Waals surface area contributed by atoms with Crippen LogP contribution in [0.25, 0.3) is 0 Å². The third-order valence-corrected chi connectivity index (χ3v) is 9.42. The van der Waals surface area contributed by atoms with Gasteiger partial charge in [0.2, 0.25) is 11.8 Å². The molecule has 2 amide bonds. The number of amides is 2. The van der Waals surface area contributed by atoms with E-state index in [9.17, 15) is 19.6 Å². The fourth-order valence-corrected chi connectivity index (χ4v) is 6.99. The molecule has 10 nitrogen and oxygen atoms in total. The van der Waals surface area contributed by atoms with E-state index < -0.39 is 27.6 Å². The first-order valence-corrected chi connectivity index (χ1v) is 17.0. The Morgan fingerprint density at radius 1 is 0.917 bits per heavy atom. The molecule has 0 bridgehead atoms. The van der Waals surface area contributed by atoms with E-state index in [0.29, 0.717) is 36.4 Å². The van der Waals surface area contributed by atoms with Crippen molar-refractivity contribution in [3.05, 3.63) is 53.1 Å². The lowest BCUT2D eigenvalue weighted by atomic mass is 9.48. The van der Waals surface area contributed by atoms with Crippen LogP contribution in [0.4, 0.5) is 11.4 Å². The molecule has 0 saturated heterocycles. The fraction of sp³-hybridized carbons (Fsp3) is 0.568. The summed E-state index contributed by atoms with van der Waals surface area (Å²) in [6, 6.07) is 14.3. The summed E-state index contributed by atoms with van der Waals surface area (Å²) >= 11 is 6.29. The molecule has 4 rings (SSSR count). The molecule has 0 aliphatic heterocycles. The summed E-state index contributed by atoms with van der Waals surface area (Å²) < 4.78 is 17.2. The van der Waals surface area contributed by atoms with Crippen molar-refractivity contribution in [1.29, 1.82) is 5.26 Å². The summed E-state index contributed by atoms with van der Waals surface area (Å²) in [6.07, 6.45) is 4.39. The number of unbranched alkanes of at least 4 members (excludes halogenated alkanes) is 2. The van der Waals surface area contributed by atoms with Gasteiger partial charge < -0.3 is 30.2 Å². The van der Waals surface area contributed by atoms with Gasteiger partial charge in [-0.2, -0.15) is 5.26 Å². The molecular formula is C37H49ClN4O6. The van der Waals surface area contributed by atoms with Crippen molar-refractivity contribution in [2.45, 2.75) is 98.3 Å². The van der Waals surface area contributed by atoms with Gasteiger partial charge in [-0.05, 0) is 95.7 Å². The molecule has 0 atom stereocenters.